The van der Waals surface area contributed by atoms with Crippen molar-refractivity contribution >= 4 is 60.8 Å². The van der Waals surface area contributed by atoms with Gasteiger partial charge in [0.15, 0.2) is 21.1 Å². The van der Waals surface area contributed by atoms with E-state index in [1.165, 1.54) is 47.6 Å². The molecular formula is C30H25NS. The summed E-state index contributed by atoms with van der Waals surface area (Å²) in [6.45, 7) is 9.08. The van der Waals surface area contributed by atoms with E-state index in [1.54, 1.807) is 0 Å². The van der Waals surface area contributed by atoms with Crippen LogP contribution in [0.4, 0.5) is 5.69 Å². The highest BCUT2D eigenvalue weighted by Crippen LogP contribution is 2.43. The van der Waals surface area contributed by atoms with Crippen molar-refractivity contribution in [2.75, 3.05) is 0 Å². The Balaban J connectivity index is 1.57. The zero-order valence-corrected chi connectivity index (χ0v) is 19.2. The fraction of sp³-hybridized carbons (Fsp3) is 0.133. The smallest absolute Gasteiger partial charge is 0.160 e. The van der Waals surface area contributed by atoms with Crippen LogP contribution in [0, 0.1) is 12.0 Å². The molecule has 5 aromatic rings. The molecule has 0 spiro atoms. The molecule has 0 saturated heterocycles. The van der Waals surface area contributed by atoms with Crippen LogP contribution in [0.15, 0.2) is 78.9 Å². The third-order valence-corrected chi connectivity index (χ3v) is 7.61. The molecule has 1 nitrogen and oxygen atoms in total. The van der Waals surface area contributed by atoms with E-state index in [2.05, 4.69) is 110 Å². The van der Waals surface area contributed by atoms with Gasteiger partial charge in [0.2, 0.25) is 0 Å². The first-order valence-electron chi connectivity index (χ1n) is 11.2. The van der Waals surface area contributed by atoms with Gasteiger partial charge in [-0.05, 0) is 46.2 Å². The molecule has 4 aromatic carbocycles. The van der Waals surface area contributed by atoms with E-state index in [-0.39, 0.29) is 0 Å². The summed E-state index contributed by atoms with van der Waals surface area (Å²) in [4.78, 5) is 0. The standard InChI is InChI=1S/C30H25NS/c1-19(2)16-20-17-25-24-10-6-7-11-29(24)32-30(25)26(18-20)28-15-13-23-22-9-5-4-8-21(22)12-14-27(23)31(28)3/h4-15,17-19H,3,16H2,1-2H3. The number of rotatable bonds is 3. The molecular weight excluding hydrogens is 406 g/mol. The molecule has 0 aliphatic carbocycles. The van der Waals surface area contributed by atoms with Crippen LogP contribution < -0.4 is 0 Å². The van der Waals surface area contributed by atoms with Crippen molar-refractivity contribution in [2.24, 2.45) is 5.92 Å². The van der Waals surface area contributed by atoms with Crippen LogP contribution in [-0.2, 0) is 6.42 Å². The molecule has 2 heteroatoms. The Bertz CT molecular complexity index is 1550. The van der Waals surface area contributed by atoms with Gasteiger partial charge in [-0.1, -0.05) is 79.4 Å². The first-order chi connectivity index (χ1) is 15.6. The maximum absolute atomic E-state index is 4.50. The quantitative estimate of drug-likeness (QED) is 0.153. The third-order valence-electron chi connectivity index (χ3n) is 6.40. The van der Waals surface area contributed by atoms with Gasteiger partial charge in [-0.25, -0.2) is 4.58 Å². The average molecular weight is 432 g/mol. The molecule has 1 aliphatic heterocycles. The molecule has 0 N–H and O–H groups in total. The summed E-state index contributed by atoms with van der Waals surface area (Å²) in [7, 11) is 0. The average Bonchev–Trinajstić information content (AvgIpc) is 3.17. The molecule has 156 valence electrons. The predicted octanol–water partition coefficient (Wildman–Crippen LogP) is 8.36. The fourth-order valence-electron chi connectivity index (χ4n) is 4.98. The first-order valence-corrected chi connectivity index (χ1v) is 12.0. The van der Waals surface area contributed by atoms with Crippen molar-refractivity contribution in [1.29, 1.82) is 0 Å². The minimum absolute atomic E-state index is 0.611. The lowest BCUT2D eigenvalue weighted by Crippen LogP contribution is -2.16. The van der Waals surface area contributed by atoms with Crippen molar-refractivity contribution in [3.63, 3.8) is 0 Å². The second-order valence-electron chi connectivity index (χ2n) is 9.08. The van der Waals surface area contributed by atoms with E-state index >= 15 is 0 Å². The number of hydrogen-bond acceptors (Lipinski definition) is 0. The lowest BCUT2D eigenvalue weighted by molar-refractivity contribution is -0.400. The minimum Gasteiger partial charge on any atom is -0.248 e. The van der Waals surface area contributed by atoms with Gasteiger partial charge in [0.25, 0.3) is 0 Å². The van der Waals surface area contributed by atoms with E-state index in [9.17, 15) is 0 Å². The predicted molar refractivity (Wildman–Crippen MR) is 140 cm³/mol. The SMILES string of the molecule is C=[N+]1c2ccc3ccccc3c2C=C[C-]1c1cc(CC(C)C)cc2c1[s+][c-]1ccccc21. The number of nitrogens with zero attached hydrogens (tertiary/aromatic N) is 1. The van der Waals surface area contributed by atoms with Crippen molar-refractivity contribution in [3.8, 4) is 0 Å². The molecule has 0 atom stereocenters. The molecule has 6 rings (SSSR count). The summed E-state index contributed by atoms with van der Waals surface area (Å²) in [6, 6.07) is 27.7. The maximum Gasteiger partial charge on any atom is 0.160 e. The molecule has 32 heavy (non-hydrogen) atoms. The maximum atomic E-state index is 4.50. The highest BCUT2D eigenvalue weighted by molar-refractivity contribution is 7.26. The Labute approximate surface area is 193 Å². The monoisotopic (exact) mass is 431 g/mol. The number of hydrogen-bond donors (Lipinski definition) is 0. The first kappa shape index (κ1) is 19.3. The highest BCUT2D eigenvalue weighted by Gasteiger charge is 2.27. The lowest BCUT2D eigenvalue weighted by atomic mass is 9.92. The second-order valence-corrected chi connectivity index (χ2v) is 10.1. The van der Waals surface area contributed by atoms with Crippen LogP contribution in [0.1, 0.15) is 30.5 Å². The summed E-state index contributed by atoms with van der Waals surface area (Å²) in [5, 5.41) is 5.24. The number of thiophene rings is 1. The summed E-state index contributed by atoms with van der Waals surface area (Å²) < 4.78 is 4.81. The molecule has 1 aromatic heterocycles. The van der Waals surface area contributed by atoms with Crippen molar-refractivity contribution in [2.45, 2.75) is 20.3 Å². The lowest BCUT2D eigenvalue weighted by Gasteiger charge is -2.23. The van der Waals surface area contributed by atoms with Crippen LogP contribution in [0.25, 0.3) is 37.0 Å². The molecule has 0 fully saturated rings. The van der Waals surface area contributed by atoms with Crippen LogP contribution in [0.3, 0.4) is 0 Å². The molecule has 0 amide bonds. The highest BCUT2D eigenvalue weighted by atomic mass is 32.1. The summed E-state index contributed by atoms with van der Waals surface area (Å²) in [5.74, 6) is 0.611. The molecule has 1 aliphatic rings. The van der Waals surface area contributed by atoms with Gasteiger partial charge >= 0.3 is 0 Å². The summed E-state index contributed by atoms with van der Waals surface area (Å²) in [6.07, 6.45) is 5.59. The number of fused-ring (bicyclic) bond motifs is 6. The van der Waals surface area contributed by atoms with Crippen molar-refractivity contribution < 1.29 is 4.58 Å². The van der Waals surface area contributed by atoms with Gasteiger partial charge in [0.1, 0.15) is 11.3 Å². The van der Waals surface area contributed by atoms with Gasteiger partial charge in [-0.15, -0.1) is 18.2 Å². The molecule has 0 saturated carbocycles. The Morgan fingerprint density at radius 1 is 0.969 bits per heavy atom. The van der Waals surface area contributed by atoms with Gasteiger partial charge in [0, 0.05) is 5.56 Å². The van der Waals surface area contributed by atoms with Gasteiger partial charge < -0.3 is 0 Å². The van der Waals surface area contributed by atoms with Crippen molar-refractivity contribution in [3.05, 3.63) is 102 Å². The summed E-state index contributed by atoms with van der Waals surface area (Å²) >= 11 is 1.89. The zero-order chi connectivity index (χ0) is 21.8. The Morgan fingerprint density at radius 3 is 2.69 bits per heavy atom. The van der Waals surface area contributed by atoms with Gasteiger partial charge in [-0.2, -0.15) is 0 Å². The Morgan fingerprint density at radius 2 is 1.81 bits per heavy atom. The Hall–Kier alpha value is -3.36. The van der Waals surface area contributed by atoms with Crippen LogP contribution in [-0.4, -0.2) is 11.3 Å². The second kappa shape index (κ2) is 7.36. The van der Waals surface area contributed by atoms with Crippen LogP contribution in [0.2, 0.25) is 0 Å². The van der Waals surface area contributed by atoms with Crippen LogP contribution in [0.5, 0.6) is 0 Å². The summed E-state index contributed by atoms with van der Waals surface area (Å²) in [5.41, 5.74) is 5.08. The normalized spacial score (nSPS) is 13.6. The molecule has 0 bridgehead atoms. The third kappa shape index (κ3) is 2.98. The van der Waals surface area contributed by atoms with Gasteiger partial charge in [0.05, 0.1) is 6.72 Å². The molecule has 2 heterocycles. The molecule has 0 unspecified atom stereocenters. The minimum atomic E-state index is 0.611. The van der Waals surface area contributed by atoms with E-state index < -0.39 is 0 Å². The largest absolute Gasteiger partial charge is 0.248 e. The number of benzene rings is 4. The van der Waals surface area contributed by atoms with Crippen molar-refractivity contribution in [1.82, 2.24) is 0 Å². The Kier molecular flexibility index (Phi) is 4.44. The van der Waals surface area contributed by atoms with Crippen LogP contribution >= 0.6 is 11.3 Å². The van der Waals surface area contributed by atoms with E-state index in [4.69, 9.17) is 0 Å². The topological polar surface area (TPSA) is 3.01 Å². The van der Waals surface area contributed by atoms with E-state index in [1.807, 2.05) is 11.3 Å². The fourth-order valence-corrected chi connectivity index (χ4v) is 6.18. The van der Waals surface area contributed by atoms with E-state index in [0.29, 0.717) is 5.92 Å². The van der Waals surface area contributed by atoms with E-state index in [0.717, 1.165) is 18.2 Å². The van der Waals surface area contributed by atoms with Gasteiger partial charge in [-0.3, -0.25) is 0 Å². The molecule has 0 radical (unpaired) electrons. The zero-order valence-electron chi connectivity index (χ0n) is 18.4.